The highest BCUT2D eigenvalue weighted by Gasteiger charge is 2.09. The fraction of sp³-hybridized carbons (Fsp3) is 0.765. The molecule has 0 spiro atoms. The molecule has 0 amide bonds. The number of aromatic nitrogens is 2. The molecule has 0 bridgehead atoms. The van der Waals surface area contributed by atoms with Crippen molar-refractivity contribution in [3.05, 3.63) is 17.6 Å². The Morgan fingerprint density at radius 1 is 1.00 bits per heavy atom. The molecule has 1 N–H and O–H groups in total. The summed E-state index contributed by atoms with van der Waals surface area (Å²) in [6, 6.07) is 2.03. The first kappa shape index (κ1) is 17.9. The van der Waals surface area contributed by atoms with E-state index in [1.165, 1.54) is 25.7 Å². The van der Waals surface area contributed by atoms with Gasteiger partial charge in [-0.15, -0.1) is 0 Å². The van der Waals surface area contributed by atoms with Gasteiger partial charge < -0.3 is 5.32 Å². The highest BCUT2D eigenvalue weighted by atomic mass is 15.2. The molecule has 0 saturated heterocycles. The maximum Gasteiger partial charge on any atom is 0.144 e. The molecule has 1 rings (SSSR count). The molecule has 0 radical (unpaired) electrons. The van der Waals surface area contributed by atoms with E-state index < -0.39 is 0 Å². The molecule has 4 nitrogen and oxygen atoms in total. The zero-order chi connectivity index (χ0) is 15.5. The second-order valence-electron chi connectivity index (χ2n) is 5.72. The summed E-state index contributed by atoms with van der Waals surface area (Å²) in [5.74, 6) is 1.91. The number of unbranched alkanes of at least 4 members (excludes halogenated alkanes) is 2. The Balaban J connectivity index is 2.69. The van der Waals surface area contributed by atoms with Gasteiger partial charge in [0.15, 0.2) is 0 Å². The van der Waals surface area contributed by atoms with Gasteiger partial charge in [-0.1, -0.05) is 33.6 Å². The van der Waals surface area contributed by atoms with E-state index in [1.54, 1.807) is 0 Å². The van der Waals surface area contributed by atoms with E-state index in [-0.39, 0.29) is 0 Å². The van der Waals surface area contributed by atoms with Crippen LogP contribution in [-0.4, -0.2) is 34.5 Å². The van der Waals surface area contributed by atoms with E-state index >= 15 is 0 Å². The zero-order valence-electron chi connectivity index (χ0n) is 14.3. The summed E-state index contributed by atoms with van der Waals surface area (Å²) in [5, 5.41) is 3.37. The number of hydrogen-bond donors (Lipinski definition) is 1. The van der Waals surface area contributed by atoms with E-state index in [1.807, 2.05) is 13.0 Å². The second-order valence-corrected chi connectivity index (χ2v) is 5.72. The standard InChI is InChI=1S/C17H32N4/c1-5-8-11-21(12-9-6-2)14-17-19-15(4)13-16(20-17)18-10-7-3/h13H,5-12,14H2,1-4H3,(H,18,19,20). The van der Waals surface area contributed by atoms with Crippen molar-refractivity contribution in [3.8, 4) is 0 Å². The largest absolute Gasteiger partial charge is 0.370 e. The fourth-order valence-electron chi connectivity index (χ4n) is 2.28. The summed E-state index contributed by atoms with van der Waals surface area (Å²) in [6.07, 6.45) is 6.08. The van der Waals surface area contributed by atoms with Crippen LogP contribution in [0, 0.1) is 6.92 Å². The van der Waals surface area contributed by atoms with Crippen LogP contribution in [0.5, 0.6) is 0 Å². The minimum Gasteiger partial charge on any atom is -0.370 e. The van der Waals surface area contributed by atoms with E-state index in [9.17, 15) is 0 Å². The van der Waals surface area contributed by atoms with Crippen LogP contribution in [0.2, 0.25) is 0 Å². The van der Waals surface area contributed by atoms with Crippen molar-refractivity contribution in [2.45, 2.75) is 66.3 Å². The van der Waals surface area contributed by atoms with Gasteiger partial charge in [-0.25, -0.2) is 9.97 Å². The van der Waals surface area contributed by atoms with Crippen LogP contribution in [-0.2, 0) is 6.54 Å². The lowest BCUT2D eigenvalue weighted by Crippen LogP contribution is -2.27. The topological polar surface area (TPSA) is 41.1 Å². The van der Waals surface area contributed by atoms with Crippen molar-refractivity contribution in [2.75, 3.05) is 25.0 Å². The lowest BCUT2D eigenvalue weighted by atomic mass is 10.2. The third-order valence-corrected chi connectivity index (χ3v) is 3.48. The molecule has 0 saturated carbocycles. The Bertz CT molecular complexity index is 384. The molecule has 0 fully saturated rings. The maximum atomic E-state index is 4.66. The molecule has 0 aliphatic heterocycles. The number of hydrogen-bond acceptors (Lipinski definition) is 4. The van der Waals surface area contributed by atoms with E-state index in [2.05, 4.69) is 41.0 Å². The first-order chi connectivity index (χ1) is 10.2. The SMILES string of the molecule is CCCCN(CCCC)Cc1nc(C)cc(NCCC)n1. The highest BCUT2D eigenvalue weighted by Crippen LogP contribution is 2.10. The van der Waals surface area contributed by atoms with Gasteiger partial charge in [0.1, 0.15) is 11.6 Å². The van der Waals surface area contributed by atoms with Crippen molar-refractivity contribution in [1.29, 1.82) is 0 Å². The number of rotatable bonds is 11. The molecule has 21 heavy (non-hydrogen) atoms. The summed E-state index contributed by atoms with van der Waals surface area (Å²) in [7, 11) is 0. The van der Waals surface area contributed by atoms with Crippen LogP contribution < -0.4 is 5.32 Å². The minimum atomic E-state index is 0.864. The van der Waals surface area contributed by atoms with Crippen LogP contribution in [0.3, 0.4) is 0 Å². The molecule has 0 aliphatic carbocycles. The van der Waals surface area contributed by atoms with Gasteiger partial charge in [-0.05, 0) is 39.3 Å². The molecule has 1 aromatic rings. The summed E-state index contributed by atoms with van der Waals surface area (Å²) in [5.41, 5.74) is 1.05. The Labute approximate surface area is 130 Å². The van der Waals surface area contributed by atoms with Crippen molar-refractivity contribution >= 4 is 5.82 Å². The maximum absolute atomic E-state index is 4.66. The van der Waals surface area contributed by atoms with Crippen LogP contribution >= 0.6 is 0 Å². The molecule has 120 valence electrons. The normalized spacial score (nSPS) is 11.1. The van der Waals surface area contributed by atoms with E-state index in [0.29, 0.717) is 0 Å². The fourth-order valence-corrected chi connectivity index (χ4v) is 2.28. The summed E-state index contributed by atoms with van der Waals surface area (Å²) >= 11 is 0. The van der Waals surface area contributed by atoms with E-state index in [4.69, 9.17) is 0 Å². The quantitative estimate of drug-likeness (QED) is 0.669. The monoisotopic (exact) mass is 292 g/mol. The van der Waals surface area contributed by atoms with Gasteiger partial charge in [0.25, 0.3) is 0 Å². The lowest BCUT2D eigenvalue weighted by Gasteiger charge is -2.21. The van der Waals surface area contributed by atoms with Gasteiger partial charge in [0.05, 0.1) is 6.54 Å². The number of anilines is 1. The first-order valence-electron chi connectivity index (χ1n) is 8.50. The van der Waals surface area contributed by atoms with Gasteiger partial charge in [-0.2, -0.15) is 0 Å². The van der Waals surface area contributed by atoms with Gasteiger partial charge in [0, 0.05) is 18.3 Å². The van der Waals surface area contributed by atoms with Crippen molar-refractivity contribution < 1.29 is 0 Å². The average molecular weight is 292 g/mol. The van der Waals surface area contributed by atoms with Crippen molar-refractivity contribution in [1.82, 2.24) is 14.9 Å². The van der Waals surface area contributed by atoms with Gasteiger partial charge >= 0.3 is 0 Å². The molecule has 0 atom stereocenters. The molecule has 0 unspecified atom stereocenters. The molecular formula is C17H32N4. The lowest BCUT2D eigenvalue weighted by molar-refractivity contribution is 0.251. The van der Waals surface area contributed by atoms with Crippen LogP contribution in [0.1, 0.15) is 64.4 Å². The average Bonchev–Trinajstić information content (AvgIpc) is 2.47. The number of nitrogens with zero attached hydrogens (tertiary/aromatic N) is 3. The van der Waals surface area contributed by atoms with Crippen LogP contribution in [0.25, 0.3) is 0 Å². The first-order valence-corrected chi connectivity index (χ1v) is 8.50. The smallest absolute Gasteiger partial charge is 0.144 e. The molecular weight excluding hydrogens is 260 g/mol. The Morgan fingerprint density at radius 2 is 1.67 bits per heavy atom. The molecule has 1 heterocycles. The molecule has 0 aromatic carbocycles. The molecule has 4 heteroatoms. The van der Waals surface area contributed by atoms with Crippen LogP contribution in [0.15, 0.2) is 6.07 Å². The Kier molecular flexibility index (Phi) is 8.99. The minimum absolute atomic E-state index is 0.864. The Hall–Kier alpha value is -1.16. The second kappa shape index (κ2) is 10.6. The zero-order valence-corrected chi connectivity index (χ0v) is 14.3. The van der Waals surface area contributed by atoms with Gasteiger partial charge in [-0.3, -0.25) is 4.90 Å². The summed E-state index contributed by atoms with van der Waals surface area (Å²) < 4.78 is 0. The van der Waals surface area contributed by atoms with Crippen LogP contribution in [0.4, 0.5) is 5.82 Å². The van der Waals surface area contributed by atoms with Crippen molar-refractivity contribution in [2.24, 2.45) is 0 Å². The Morgan fingerprint density at radius 3 is 2.24 bits per heavy atom. The summed E-state index contributed by atoms with van der Waals surface area (Å²) in [6.45, 7) is 12.8. The molecule has 0 aliphatic rings. The van der Waals surface area contributed by atoms with Crippen molar-refractivity contribution in [3.63, 3.8) is 0 Å². The third kappa shape index (κ3) is 7.42. The predicted molar refractivity (Wildman–Crippen MR) is 90.6 cm³/mol. The predicted octanol–water partition coefficient (Wildman–Crippen LogP) is 4.01. The number of nitrogens with one attached hydrogen (secondary N) is 1. The summed E-state index contributed by atoms with van der Waals surface area (Å²) in [4.78, 5) is 11.8. The van der Waals surface area contributed by atoms with Gasteiger partial charge in [0.2, 0.25) is 0 Å². The third-order valence-electron chi connectivity index (χ3n) is 3.48. The highest BCUT2D eigenvalue weighted by molar-refractivity contribution is 5.35. The number of aryl methyl sites for hydroxylation is 1. The van der Waals surface area contributed by atoms with E-state index in [0.717, 1.165) is 49.9 Å². The molecule has 1 aromatic heterocycles.